The fourth-order valence-electron chi connectivity index (χ4n) is 5.57. The molecule has 34 heavy (non-hydrogen) atoms. The summed E-state index contributed by atoms with van der Waals surface area (Å²) >= 11 is 0. The number of nitrogens with zero attached hydrogens (tertiary/aromatic N) is 1. The molecule has 1 N–H and O–H groups in total. The molecule has 2 fully saturated rings. The van der Waals surface area contributed by atoms with Crippen molar-refractivity contribution in [3.8, 4) is 5.75 Å². The number of fused-ring (bicyclic) bond motifs is 1. The first-order chi connectivity index (χ1) is 16.2. The molecular formula is C26H24F4N2O2. The van der Waals surface area contributed by atoms with Crippen molar-refractivity contribution in [1.29, 1.82) is 0 Å². The summed E-state index contributed by atoms with van der Waals surface area (Å²) in [4.78, 5) is 17.1. The van der Waals surface area contributed by atoms with Gasteiger partial charge in [-0.25, -0.2) is 4.39 Å². The van der Waals surface area contributed by atoms with Gasteiger partial charge in [-0.1, -0.05) is 0 Å². The maximum atomic E-state index is 13.9. The van der Waals surface area contributed by atoms with Crippen molar-refractivity contribution in [3.63, 3.8) is 0 Å². The van der Waals surface area contributed by atoms with Gasteiger partial charge in [0.2, 0.25) is 0 Å². The summed E-state index contributed by atoms with van der Waals surface area (Å²) in [5, 5.41) is 3.95. The number of carbonyl (C=O) groups is 1. The summed E-state index contributed by atoms with van der Waals surface area (Å²) < 4.78 is 54.7. The van der Waals surface area contributed by atoms with Crippen molar-refractivity contribution >= 4 is 16.8 Å². The van der Waals surface area contributed by atoms with Crippen LogP contribution in [0.5, 0.6) is 5.75 Å². The lowest BCUT2D eigenvalue weighted by atomic mass is 9.55. The summed E-state index contributed by atoms with van der Waals surface area (Å²) in [6.45, 7) is 0. The number of hydrogen-bond acceptors (Lipinski definition) is 3. The molecule has 5 rings (SSSR count). The molecule has 8 heteroatoms. The number of amides is 1. The third-order valence-corrected chi connectivity index (χ3v) is 7.48. The fourth-order valence-corrected chi connectivity index (χ4v) is 5.57. The van der Waals surface area contributed by atoms with Gasteiger partial charge in [0.1, 0.15) is 11.6 Å². The third-order valence-electron chi connectivity index (χ3n) is 7.48. The Bertz CT molecular complexity index is 1200. The van der Waals surface area contributed by atoms with Crippen molar-refractivity contribution in [2.45, 2.75) is 56.8 Å². The first kappa shape index (κ1) is 22.6. The number of rotatable bonds is 4. The van der Waals surface area contributed by atoms with E-state index < -0.39 is 6.36 Å². The van der Waals surface area contributed by atoms with Gasteiger partial charge in [0.25, 0.3) is 5.91 Å². The molecule has 0 saturated heterocycles. The van der Waals surface area contributed by atoms with E-state index >= 15 is 0 Å². The molecule has 4 nitrogen and oxygen atoms in total. The zero-order valence-electron chi connectivity index (χ0n) is 18.4. The molecule has 1 amide bonds. The van der Waals surface area contributed by atoms with Gasteiger partial charge >= 0.3 is 6.36 Å². The van der Waals surface area contributed by atoms with Gasteiger partial charge in [-0.2, -0.15) is 0 Å². The monoisotopic (exact) mass is 472 g/mol. The molecular weight excluding hydrogens is 448 g/mol. The van der Waals surface area contributed by atoms with Crippen molar-refractivity contribution in [2.24, 2.45) is 5.41 Å². The molecule has 0 unspecified atom stereocenters. The number of ether oxygens (including phenoxy) is 1. The lowest BCUT2D eigenvalue weighted by Crippen LogP contribution is -2.56. The first-order valence-electron chi connectivity index (χ1n) is 11.4. The van der Waals surface area contributed by atoms with Gasteiger partial charge in [0, 0.05) is 23.2 Å². The molecule has 0 bridgehead atoms. The van der Waals surface area contributed by atoms with E-state index in [0.717, 1.165) is 67.1 Å². The maximum absolute atomic E-state index is 13.9. The molecule has 1 atom stereocenters. The summed E-state index contributed by atoms with van der Waals surface area (Å²) in [7, 11) is 0. The van der Waals surface area contributed by atoms with Gasteiger partial charge in [-0.15, -0.1) is 13.2 Å². The number of pyridine rings is 1. The highest BCUT2D eigenvalue weighted by Crippen LogP contribution is 2.55. The highest BCUT2D eigenvalue weighted by Gasteiger charge is 2.49. The number of benzene rings is 2. The Morgan fingerprint density at radius 2 is 1.71 bits per heavy atom. The molecule has 1 spiro atoms. The third kappa shape index (κ3) is 4.45. The van der Waals surface area contributed by atoms with Gasteiger partial charge in [-0.05, 0) is 104 Å². The van der Waals surface area contributed by atoms with Crippen LogP contribution >= 0.6 is 0 Å². The summed E-state index contributed by atoms with van der Waals surface area (Å²) in [5.74, 6) is -0.601. The van der Waals surface area contributed by atoms with Crippen LogP contribution in [0.25, 0.3) is 10.9 Å². The Labute approximate surface area is 194 Å². The van der Waals surface area contributed by atoms with E-state index in [1.54, 1.807) is 18.3 Å². The Morgan fingerprint density at radius 1 is 1.00 bits per heavy atom. The maximum Gasteiger partial charge on any atom is 0.573 e. The van der Waals surface area contributed by atoms with Crippen LogP contribution in [0.3, 0.4) is 0 Å². The largest absolute Gasteiger partial charge is 0.573 e. The highest BCUT2D eigenvalue weighted by molar-refractivity contribution is 5.94. The minimum Gasteiger partial charge on any atom is -0.406 e. The zero-order valence-corrected chi connectivity index (χ0v) is 18.4. The van der Waals surface area contributed by atoms with E-state index in [0.29, 0.717) is 11.5 Å². The predicted octanol–water partition coefficient (Wildman–Crippen LogP) is 6.51. The first-order valence-corrected chi connectivity index (χ1v) is 11.4. The van der Waals surface area contributed by atoms with Gasteiger partial charge in [-0.3, -0.25) is 9.78 Å². The molecule has 1 heterocycles. The summed E-state index contributed by atoms with van der Waals surface area (Å²) in [5.41, 5.74) is 2.26. The Balaban J connectivity index is 1.23. The fraction of sp³-hybridized carbons (Fsp3) is 0.385. The van der Waals surface area contributed by atoms with Crippen molar-refractivity contribution in [3.05, 3.63) is 71.7 Å². The van der Waals surface area contributed by atoms with Crippen LogP contribution in [-0.2, 0) is 0 Å². The second-order valence-corrected chi connectivity index (χ2v) is 9.34. The van der Waals surface area contributed by atoms with Gasteiger partial charge < -0.3 is 10.1 Å². The van der Waals surface area contributed by atoms with Crippen LogP contribution in [0, 0.1) is 11.2 Å². The van der Waals surface area contributed by atoms with E-state index in [2.05, 4.69) is 15.0 Å². The van der Waals surface area contributed by atoms with Crippen LogP contribution in [0.1, 0.15) is 60.4 Å². The molecule has 2 aliphatic rings. The quantitative estimate of drug-likeness (QED) is 0.441. The number of aromatic nitrogens is 1. The van der Waals surface area contributed by atoms with E-state index in [1.165, 1.54) is 18.2 Å². The minimum absolute atomic E-state index is 0.0404. The normalized spacial score (nSPS) is 24.6. The van der Waals surface area contributed by atoms with Crippen molar-refractivity contribution in [2.75, 3.05) is 0 Å². The van der Waals surface area contributed by atoms with Gasteiger partial charge in [0.05, 0.1) is 5.52 Å². The van der Waals surface area contributed by atoms with E-state index in [-0.39, 0.29) is 28.9 Å². The SMILES string of the molecule is O=C(N[C@H]1CCC12CCC(c1ccnc3ccc(F)cc13)CC2)c1ccc(OC(F)(F)F)cc1. The second kappa shape index (κ2) is 8.56. The molecule has 178 valence electrons. The van der Waals surface area contributed by atoms with Crippen LogP contribution in [0.2, 0.25) is 0 Å². The minimum atomic E-state index is -4.77. The Kier molecular flexibility index (Phi) is 5.70. The standard InChI is InChI=1S/C26H24F4N2O2/c27-18-3-6-22-21(15-18)20(10-14-31-22)16-7-11-25(12-8-16)13-9-23(25)32-24(33)17-1-4-19(5-2-17)34-26(28,29)30/h1-6,10,14-16,23H,7-9,11-13H2,(H,32,33)/t16?,23-,25?/m0/s1. The number of halogens is 4. The zero-order chi connectivity index (χ0) is 23.9. The van der Waals surface area contributed by atoms with Crippen LogP contribution in [-0.4, -0.2) is 23.3 Å². The van der Waals surface area contributed by atoms with Crippen LogP contribution in [0.15, 0.2) is 54.7 Å². The smallest absolute Gasteiger partial charge is 0.406 e. The van der Waals surface area contributed by atoms with Crippen LogP contribution in [0.4, 0.5) is 17.6 Å². The predicted molar refractivity (Wildman–Crippen MR) is 119 cm³/mol. The topological polar surface area (TPSA) is 51.2 Å². The molecule has 1 aromatic heterocycles. The van der Waals surface area contributed by atoms with Gasteiger partial charge in [0.15, 0.2) is 0 Å². The summed E-state index contributed by atoms with van der Waals surface area (Å²) in [6.07, 6.45) is 2.75. The van der Waals surface area contributed by atoms with E-state index in [1.807, 2.05) is 6.07 Å². The van der Waals surface area contributed by atoms with Crippen LogP contribution < -0.4 is 10.1 Å². The average Bonchev–Trinajstić information content (AvgIpc) is 2.81. The molecule has 3 aromatic rings. The van der Waals surface area contributed by atoms with Crippen molar-refractivity contribution < 1.29 is 27.1 Å². The molecule has 2 aliphatic carbocycles. The Hall–Kier alpha value is -3.16. The average molecular weight is 472 g/mol. The molecule has 0 aliphatic heterocycles. The summed E-state index contributed by atoms with van der Waals surface area (Å²) in [6, 6.07) is 11.7. The van der Waals surface area contributed by atoms with E-state index in [4.69, 9.17) is 0 Å². The number of hydrogen-bond donors (Lipinski definition) is 1. The molecule has 0 radical (unpaired) electrons. The second-order valence-electron chi connectivity index (χ2n) is 9.34. The lowest BCUT2D eigenvalue weighted by Gasteiger charge is -2.53. The van der Waals surface area contributed by atoms with E-state index in [9.17, 15) is 22.4 Å². The van der Waals surface area contributed by atoms with Crippen molar-refractivity contribution in [1.82, 2.24) is 10.3 Å². The molecule has 2 saturated carbocycles. The Morgan fingerprint density at radius 3 is 2.35 bits per heavy atom. The number of carbonyl (C=O) groups excluding carboxylic acids is 1. The number of alkyl halides is 3. The highest BCUT2D eigenvalue weighted by atomic mass is 19.4. The molecule has 2 aromatic carbocycles. The lowest BCUT2D eigenvalue weighted by molar-refractivity contribution is -0.274. The number of nitrogens with one attached hydrogen (secondary N) is 1.